The van der Waals surface area contributed by atoms with E-state index in [0.29, 0.717) is 6.61 Å². The lowest BCUT2D eigenvalue weighted by Gasteiger charge is -2.16. The lowest BCUT2D eigenvalue weighted by atomic mass is 10.1. The third-order valence-corrected chi connectivity index (χ3v) is 3.34. The second-order valence-electron chi connectivity index (χ2n) is 4.85. The minimum Gasteiger partial charge on any atom is -0.374 e. The third-order valence-electron chi connectivity index (χ3n) is 2.62. The minimum atomic E-state index is -0.729. The van der Waals surface area contributed by atoms with Gasteiger partial charge in [-0.2, -0.15) is 0 Å². The van der Waals surface area contributed by atoms with Crippen molar-refractivity contribution in [1.29, 1.82) is 0 Å². The van der Waals surface area contributed by atoms with Gasteiger partial charge in [-0.15, -0.1) is 0 Å². The number of unbranched alkanes of at least 4 members (excludes halogenated alkanes) is 1. The molecule has 1 heterocycles. The highest BCUT2D eigenvalue weighted by molar-refractivity contribution is 14.2. The van der Waals surface area contributed by atoms with Crippen molar-refractivity contribution in [2.24, 2.45) is 0 Å². The van der Waals surface area contributed by atoms with E-state index >= 15 is 0 Å². The van der Waals surface area contributed by atoms with Crippen LogP contribution < -0.4 is 0 Å². The van der Waals surface area contributed by atoms with Crippen LogP contribution in [0.5, 0.6) is 0 Å². The lowest BCUT2D eigenvalue weighted by Crippen LogP contribution is -2.33. The number of carbonyl (C=O) groups is 1. The van der Waals surface area contributed by atoms with E-state index in [1.165, 1.54) is 0 Å². The van der Waals surface area contributed by atoms with Gasteiger partial charge in [-0.05, 0) is 71.5 Å². The fourth-order valence-corrected chi connectivity index (χ4v) is 2.49. The van der Waals surface area contributed by atoms with E-state index in [1.54, 1.807) is 0 Å². The number of ketones is 1. The second-order valence-corrected chi connectivity index (χ2v) is 9.24. The SMILES string of the molecule is CCCCOCC(=O)[C@H]1OC(C)(C)O[C@H]1C=C(I)I. The molecular weight excluding hydrogens is 474 g/mol. The Balaban J connectivity index is 2.57. The van der Waals surface area contributed by atoms with Crippen LogP contribution in [0, 0.1) is 0 Å². The van der Waals surface area contributed by atoms with Crippen molar-refractivity contribution in [2.45, 2.75) is 51.6 Å². The van der Waals surface area contributed by atoms with E-state index in [4.69, 9.17) is 14.2 Å². The number of rotatable bonds is 7. The summed E-state index contributed by atoms with van der Waals surface area (Å²) in [6, 6.07) is 0. The van der Waals surface area contributed by atoms with E-state index in [1.807, 2.05) is 19.9 Å². The average molecular weight is 494 g/mol. The number of Topliss-reactive ketones (excluding diaryl/α,β-unsaturated/α-hetero) is 1. The fraction of sp³-hybridized carbons (Fsp3) is 0.769. The molecule has 0 saturated carbocycles. The van der Waals surface area contributed by atoms with Crippen molar-refractivity contribution in [2.75, 3.05) is 13.2 Å². The number of carbonyl (C=O) groups excluding carboxylic acids is 1. The first-order valence-corrected chi connectivity index (χ1v) is 8.50. The van der Waals surface area contributed by atoms with Crippen LogP contribution in [0.2, 0.25) is 0 Å². The van der Waals surface area contributed by atoms with Gasteiger partial charge >= 0.3 is 0 Å². The summed E-state index contributed by atoms with van der Waals surface area (Å²) in [6.07, 6.45) is 3.03. The molecule has 0 bridgehead atoms. The van der Waals surface area contributed by atoms with Crippen LogP contribution in [0.25, 0.3) is 0 Å². The number of ether oxygens (including phenoxy) is 3. The summed E-state index contributed by atoms with van der Waals surface area (Å²) < 4.78 is 17.8. The quantitative estimate of drug-likeness (QED) is 0.401. The molecule has 1 fully saturated rings. The molecule has 4 nitrogen and oxygen atoms in total. The van der Waals surface area contributed by atoms with E-state index in [9.17, 15) is 4.79 Å². The summed E-state index contributed by atoms with van der Waals surface area (Å²) in [5.41, 5.74) is 0. The predicted molar refractivity (Wildman–Crippen MR) is 90.7 cm³/mol. The Labute approximate surface area is 141 Å². The zero-order valence-corrected chi connectivity index (χ0v) is 15.8. The van der Waals surface area contributed by atoms with E-state index < -0.39 is 11.9 Å². The molecule has 0 spiro atoms. The first-order valence-electron chi connectivity index (χ1n) is 6.34. The maximum absolute atomic E-state index is 12.1. The van der Waals surface area contributed by atoms with Gasteiger partial charge in [-0.1, -0.05) is 13.3 Å². The van der Waals surface area contributed by atoms with Gasteiger partial charge in [0.15, 0.2) is 17.7 Å². The van der Waals surface area contributed by atoms with Crippen molar-refractivity contribution in [3.8, 4) is 0 Å². The van der Waals surface area contributed by atoms with Crippen molar-refractivity contribution in [3.05, 3.63) is 7.66 Å². The van der Waals surface area contributed by atoms with Gasteiger partial charge < -0.3 is 14.2 Å². The number of halogens is 2. The normalized spacial score (nSPS) is 25.3. The van der Waals surface area contributed by atoms with Crippen LogP contribution >= 0.6 is 45.2 Å². The van der Waals surface area contributed by atoms with E-state index in [0.717, 1.165) is 14.4 Å². The molecule has 6 heteroatoms. The molecule has 1 saturated heterocycles. The maximum atomic E-state index is 12.1. The highest BCUT2D eigenvalue weighted by Crippen LogP contribution is 2.31. The van der Waals surface area contributed by atoms with Gasteiger partial charge in [0.1, 0.15) is 12.7 Å². The Hall–Kier alpha value is 0.750. The van der Waals surface area contributed by atoms with Crippen molar-refractivity contribution < 1.29 is 19.0 Å². The van der Waals surface area contributed by atoms with E-state index in [-0.39, 0.29) is 18.5 Å². The van der Waals surface area contributed by atoms with Crippen LogP contribution in [0.3, 0.4) is 0 Å². The molecule has 110 valence electrons. The summed E-state index contributed by atoms with van der Waals surface area (Å²) in [4.78, 5) is 12.1. The molecule has 2 atom stereocenters. The summed E-state index contributed by atoms with van der Waals surface area (Å²) in [6.45, 7) is 6.43. The molecule has 1 aliphatic rings. The summed E-state index contributed by atoms with van der Waals surface area (Å²) in [5, 5.41) is 0. The van der Waals surface area contributed by atoms with Crippen LogP contribution in [0.4, 0.5) is 0 Å². The smallest absolute Gasteiger partial charge is 0.190 e. The Morgan fingerprint density at radius 1 is 1.37 bits per heavy atom. The largest absolute Gasteiger partial charge is 0.374 e. The van der Waals surface area contributed by atoms with Gasteiger partial charge in [0.2, 0.25) is 0 Å². The molecule has 0 aromatic rings. The molecule has 0 radical (unpaired) electrons. The highest BCUT2D eigenvalue weighted by Gasteiger charge is 2.43. The summed E-state index contributed by atoms with van der Waals surface area (Å²) in [5.74, 6) is -0.787. The highest BCUT2D eigenvalue weighted by atomic mass is 127. The van der Waals surface area contributed by atoms with Crippen LogP contribution in [0.1, 0.15) is 33.6 Å². The van der Waals surface area contributed by atoms with Crippen molar-refractivity contribution in [3.63, 3.8) is 0 Å². The maximum Gasteiger partial charge on any atom is 0.190 e. The fourth-order valence-electron chi connectivity index (χ4n) is 1.79. The molecule has 1 rings (SSSR count). The Morgan fingerprint density at radius 2 is 2.05 bits per heavy atom. The van der Waals surface area contributed by atoms with Gasteiger partial charge in [0, 0.05) is 6.61 Å². The molecule has 0 N–H and O–H groups in total. The molecule has 0 aromatic carbocycles. The molecule has 0 unspecified atom stereocenters. The zero-order valence-electron chi connectivity index (χ0n) is 11.4. The predicted octanol–water partition coefficient (Wildman–Crippen LogP) is 3.60. The standard InChI is InChI=1S/C13H20I2O4/c1-4-5-6-17-8-9(16)12-10(7-11(14)15)18-13(2,3)19-12/h7,10,12H,4-6,8H2,1-3H3/t10-,12+/m0/s1. The van der Waals surface area contributed by atoms with Crippen LogP contribution in [-0.2, 0) is 19.0 Å². The van der Waals surface area contributed by atoms with E-state index in [2.05, 4.69) is 52.1 Å². The Morgan fingerprint density at radius 3 is 2.63 bits per heavy atom. The minimum absolute atomic E-state index is 0.0584. The molecule has 1 aliphatic heterocycles. The average Bonchev–Trinajstić information content (AvgIpc) is 2.59. The Bertz CT molecular complexity index is 338. The summed E-state index contributed by atoms with van der Waals surface area (Å²) >= 11 is 4.37. The number of hydrogen-bond acceptors (Lipinski definition) is 4. The monoisotopic (exact) mass is 494 g/mol. The first kappa shape index (κ1) is 17.8. The zero-order chi connectivity index (χ0) is 14.5. The second kappa shape index (κ2) is 8.26. The van der Waals surface area contributed by atoms with Gasteiger partial charge in [0.25, 0.3) is 0 Å². The molecule has 0 aliphatic carbocycles. The van der Waals surface area contributed by atoms with Crippen molar-refractivity contribution in [1.82, 2.24) is 0 Å². The van der Waals surface area contributed by atoms with Gasteiger partial charge in [-0.3, -0.25) is 4.79 Å². The first-order chi connectivity index (χ1) is 8.85. The van der Waals surface area contributed by atoms with Gasteiger partial charge in [0.05, 0.1) is 1.59 Å². The molecule has 0 amide bonds. The van der Waals surface area contributed by atoms with Crippen LogP contribution in [-0.4, -0.2) is 37.0 Å². The molecule has 19 heavy (non-hydrogen) atoms. The van der Waals surface area contributed by atoms with Crippen LogP contribution in [0.15, 0.2) is 7.66 Å². The number of hydrogen-bond donors (Lipinski definition) is 0. The topological polar surface area (TPSA) is 44.8 Å². The van der Waals surface area contributed by atoms with Crippen molar-refractivity contribution >= 4 is 51.0 Å². The Kier molecular flexibility index (Phi) is 7.73. The summed E-state index contributed by atoms with van der Waals surface area (Å²) in [7, 11) is 0. The van der Waals surface area contributed by atoms with Gasteiger partial charge in [-0.25, -0.2) is 0 Å². The third kappa shape index (κ3) is 6.36. The molecule has 0 aromatic heterocycles. The molecular formula is C13H20I2O4. The lowest BCUT2D eigenvalue weighted by molar-refractivity contribution is -0.155.